The summed E-state index contributed by atoms with van der Waals surface area (Å²) in [5.74, 6) is 0. The summed E-state index contributed by atoms with van der Waals surface area (Å²) in [6.07, 6.45) is 6.23. The molecule has 0 aliphatic heterocycles. The van der Waals surface area contributed by atoms with Crippen LogP contribution in [0.15, 0.2) is 18.3 Å². The lowest BCUT2D eigenvalue weighted by Gasteiger charge is -1.79. The Hall–Kier alpha value is -1.35. The molecule has 0 saturated heterocycles. The maximum atomic E-state index is 10.2. The third-order valence-electron chi connectivity index (χ3n) is 1.30. The van der Waals surface area contributed by atoms with Crippen molar-refractivity contribution in [2.45, 2.75) is 0 Å². The molecule has 0 aliphatic carbocycles. The molecular formula is C8H10N2O. The minimum atomic E-state index is 0.515. The van der Waals surface area contributed by atoms with Gasteiger partial charge in [-0.2, -0.15) is 0 Å². The third-order valence-corrected chi connectivity index (χ3v) is 1.30. The first-order valence-corrected chi connectivity index (χ1v) is 3.37. The molecule has 0 radical (unpaired) electrons. The van der Waals surface area contributed by atoms with Gasteiger partial charge in [-0.1, -0.05) is 12.2 Å². The van der Waals surface area contributed by atoms with Crippen LogP contribution in [-0.4, -0.2) is 17.8 Å². The van der Waals surface area contributed by atoms with E-state index in [2.05, 4.69) is 4.98 Å². The molecule has 3 N–H and O–H groups in total. The Morgan fingerprint density at radius 3 is 3.00 bits per heavy atom. The molecular weight excluding hydrogens is 140 g/mol. The number of H-pyrrole nitrogens is 1. The SMILES string of the molecule is NCC=Cc1c[nH]c(C=O)c1. The molecule has 1 aromatic heterocycles. The largest absolute Gasteiger partial charge is 0.358 e. The second kappa shape index (κ2) is 3.73. The number of nitrogens with one attached hydrogen (secondary N) is 1. The van der Waals surface area contributed by atoms with Gasteiger partial charge in [0, 0.05) is 12.7 Å². The molecule has 1 heterocycles. The molecule has 58 valence electrons. The van der Waals surface area contributed by atoms with Gasteiger partial charge < -0.3 is 10.7 Å². The van der Waals surface area contributed by atoms with Crippen LogP contribution in [-0.2, 0) is 0 Å². The summed E-state index contributed by atoms with van der Waals surface area (Å²) in [6, 6.07) is 1.76. The Bertz CT molecular complexity index is 263. The summed E-state index contributed by atoms with van der Waals surface area (Å²) in [5.41, 5.74) is 6.80. The highest BCUT2D eigenvalue weighted by Gasteiger charge is 1.91. The third kappa shape index (κ3) is 2.05. The van der Waals surface area contributed by atoms with Gasteiger partial charge in [-0.05, 0) is 11.6 Å². The fraction of sp³-hybridized carbons (Fsp3) is 0.125. The van der Waals surface area contributed by atoms with Crippen molar-refractivity contribution in [1.29, 1.82) is 0 Å². The summed E-state index contributed by atoms with van der Waals surface area (Å²) in [6.45, 7) is 0.515. The summed E-state index contributed by atoms with van der Waals surface area (Å²) < 4.78 is 0. The van der Waals surface area contributed by atoms with Crippen molar-refractivity contribution in [2.24, 2.45) is 5.73 Å². The number of nitrogens with two attached hydrogens (primary N) is 1. The molecule has 0 aliphatic rings. The van der Waals surface area contributed by atoms with E-state index in [1.165, 1.54) is 0 Å². The smallest absolute Gasteiger partial charge is 0.166 e. The minimum Gasteiger partial charge on any atom is -0.358 e. The van der Waals surface area contributed by atoms with Crippen LogP contribution in [0.5, 0.6) is 0 Å². The number of carbonyl (C=O) groups is 1. The summed E-state index contributed by atoms with van der Waals surface area (Å²) in [5, 5.41) is 0. The average molecular weight is 150 g/mol. The maximum Gasteiger partial charge on any atom is 0.166 e. The Labute approximate surface area is 64.9 Å². The van der Waals surface area contributed by atoms with Crippen LogP contribution in [0.2, 0.25) is 0 Å². The van der Waals surface area contributed by atoms with Crippen molar-refractivity contribution in [3.63, 3.8) is 0 Å². The number of rotatable bonds is 3. The van der Waals surface area contributed by atoms with Crippen LogP contribution in [0, 0.1) is 0 Å². The van der Waals surface area contributed by atoms with E-state index >= 15 is 0 Å². The molecule has 1 aromatic rings. The van der Waals surface area contributed by atoms with Crippen LogP contribution >= 0.6 is 0 Å². The van der Waals surface area contributed by atoms with Gasteiger partial charge >= 0.3 is 0 Å². The van der Waals surface area contributed by atoms with Crippen molar-refractivity contribution < 1.29 is 4.79 Å². The highest BCUT2D eigenvalue weighted by molar-refractivity contribution is 5.73. The molecule has 0 saturated carbocycles. The molecule has 0 spiro atoms. The molecule has 11 heavy (non-hydrogen) atoms. The fourth-order valence-electron chi connectivity index (χ4n) is 0.798. The van der Waals surface area contributed by atoms with E-state index in [0.29, 0.717) is 12.2 Å². The van der Waals surface area contributed by atoms with Crippen molar-refractivity contribution in [3.05, 3.63) is 29.6 Å². The topological polar surface area (TPSA) is 58.9 Å². The number of aromatic amines is 1. The van der Waals surface area contributed by atoms with Crippen LogP contribution in [0.1, 0.15) is 16.1 Å². The van der Waals surface area contributed by atoms with Gasteiger partial charge in [0.2, 0.25) is 0 Å². The minimum absolute atomic E-state index is 0.515. The van der Waals surface area contributed by atoms with E-state index < -0.39 is 0 Å². The lowest BCUT2D eigenvalue weighted by atomic mass is 10.3. The zero-order valence-electron chi connectivity index (χ0n) is 6.08. The zero-order valence-corrected chi connectivity index (χ0v) is 6.08. The maximum absolute atomic E-state index is 10.2. The van der Waals surface area contributed by atoms with Crippen LogP contribution in [0.25, 0.3) is 6.08 Å². The predicted molar refractivity (Wildman–Crippen MR) is 44.3 cm³/mol. The average Bonchev–Trinajstić information content (AvgIpc) is 2.48. The van der Waals surface area contributed by atoms with Crippen LogP contribution in [0.4, 0.5) is 0 Å². The van der Waals surface area contributed by atoms with E-state index in [4.69, 9.17) is 5.73 Å². The van der Waals surface area contributed by atoms with Crippen molar-refractivity contribution in [1.82, 2.24) is 4.98 Å². The molecule has 1 rings (SSSR count). The Kier molecular flexibility index (Phi) is 2.63. The van der Waals surface area contributed by atoms with Gasteiger partial charge in [0.1, 0.15) is 0 Å². The van der Waals surface area contributed by atoms with E-state index in [0.717, 1.165) is 11.8 Å². The monoisotopic (exact) mass is 150 g/mol. The number of hydrogen-bond acceptors (Lipinski definition) is 2. The normalized spacial score (nSPS) is 10.6. The molecule has 0 unspecified atom stereocenters. The molecule has 0 amide bonds. The first-order valence-electron chi connectivity index (χ1n) is 3.37. The second-order valence-corrected chi connectivity index (χ2v) is 2.14. The number of aldehydes is 1. The molecule has 0 atom stereocenters. The molecule has 0 aromatic carbocycles. The van der Waals surface area contributed by atoms with Gasteiger partial charge in [0.05, 0.1) is 5.69 Å². The standard InChI is InChI=1S/C8H10N2O/c9-3-1-2-7-4-8(6-11)10-5-7/h1-2,4-6,10H,3,9H2. The van der Waals surface area contributed by atoms with E-state index in [-0.39, 0.29) is 0 Å². The van der Waals surface area contributed by atoms with Gasteiger partial charge in [-0.15, -0.1) is 0 Å². The van der Waals surface area contributed by atoms with E-state index in [1.54, 1.807) is 12.3 Å². The lowest BCUT2D eigenvalue weighted by Crippen LogP contribution is -1.91. The highest BCUT2D eigenvalue weighted by atomic mass is 16.1. The first kappa shape index (κ1) is 7.75. The van der Waals surface area contributed by atoms with Crippen molar-refractivity contribution in [2.75, 3.05) is 6.54 Å². The second-order valence-electron chi connectivity index (χ2n) is 2.14. The van der Waals surface area contributed by atoms with Gasteiger partial charge in [0.25, 0.3) is 0 Å². The van der Waals surface area contributed by atoms with Crippen LogP contribution in [0.3, 0.4) is 0 Å². The first-order chi connectivity index (χ1) is 5.36. The van der Waals surface area contributed by atoms with Gasteiger partial charge in [-0.25, -0.2) is 0 Å². The Balaban J connectivity index is 2.72. The summed E-state index contributed by atoms with van der Waals surface area (Å²) >= 11 is 0. The molecule has 3 nitrogen and oxygen atoms in total. The summed E-state index contributed by atoms with van der Waals surface area (Å²) in [7, 11) is 0. The molecule has 0 fully saturated rings. The molecule has 0 bridgehead atoms. The number of hydrogen-bond donors (Lipinski definition) is 2. The molecule has 3 heteroatoms. The Morgan fingerprint density at radius 2 is 2.45 bits per heavy atom. The predicted octanol–water partition coefficient (Wildman–Crippen LogP) is 0.799. The lowest BCUT2D eigenvalue weighted by molar-refractivity contribution is 0.111. The van der Waals surface area contributed by atoms with Gasteiger partial charge in [0.15, 0.2) is 6.29 Å². The highest BCUT2D eigenvalue weighted by Crippen LogP contribution is 2.02. The fourth-order valence-corrected chi connectivity index (χ4v) is 0.798. The number of aromatic nitrogens is 1. The van der Waals surface area contributed by atoms with E-state index in [9.17, 15) is 4.79 Å². The quantitative estimate of drug-likeness (QED) is 0.626. The van der Waals surface area contributed by atoms with Crippen molar-refractivity contribution >= 4 is 12.4 Å². The number of carbonyl (C=O) groups excluding carboxylic acids is 1. The zero-order chi connectivity index (χ0) is 8.10. The van der Waals surface area contributed by atoms with Crippen molar-refractivity contribution in [3.8, 4) is 0 Å². The van der Waals surface area contributed by atoms with Gasteiger partial charge in [-0.3, -0.25) is 4.79 Å². The summed E-state index contributed by atoms with van der Waals surface area (Å²) in [4.78, 5) is 13.0. The Morgan fingerprint density at radius 1 is 1.64 bits per heavy atom. The van der Waals surface area contributed by atoms with Crippen LogP contribution < -0.4 is 5.73 Å². The van der Waals surface area contributed by atoms with E-state index in [1.807, 2.05) is 12.2 Å².